The van der Waals surface area contributed by atoms with Gasteiger partial charge in [-0.25, -0.2) is 10.4 Å². The monoisotopic (exact) mass is 420 g/mol. The quantitative estimate of drug-likeness (QED) is 0.407. The van der Waals surface area contributed by atoms with Crippen LogP contribution in [0, 0.1) is 0 Å². The third-order valence-corrected chi connectivity index (χ3v) is 4.33. The predicted molar refractivity (Wildman–Crippen MR) is 117 cm³/mol. The topological polar surface area (TPSA) is 106 Å². The Morgan fingerprint density at radius 2 is 1.97 bits per heavy atom. The number of nitrogens with zero attached hydrogens (tertiary/aromatic N) is 3. The fourth-order valence-electron chi connectivity index (χ4n) is 2.88. The smallest absolute Gasteiger partial charge is 0.291 e. The maximum atomic E-state index is 12.4. The second-order valence-corrected chi connectivity index (χ2v) is 6.53. The number of carbonyl (C=O) groups excluding carboxylic acids is 1. The van der Waals surface area contributed by atoms with Crippen molar-refractivity contribution in [2.24, 2.45) is 5.10 Å². The minimum Gasteiger partial charge on any atom is -0.497 e. The molecule has 0 aliphatic heterocycles. The fraction of sp³-hybridized carbons (Fsp3) is 0.217. The van der Waals surface area contributed by atoms with Crippen molar-refractivity contribution < 1.29 is 19.4 Å². The van der Waals surface area contributed by atoms with Crippen LogP contribution in [0.1, 0.15) is 28.5 Å². The number of hydrazone groups is 1. The number of hydrogen-bond donors (Lipinski definition) is 2. The Morgan fingerprint density at radius 1 is 1.16 bits per heavy atom. The van der Waals surface area contributed by atoms with Gasteiger partial charge in [-0.05, 0) is 66.9 Å². The largest absolute Gasteiger partial charge is 0.497 e. The van der Waals surface area contributed by atoms with E-state index >= 15 is 0 Å². The second kappa shape index (κ2) is 10.8. The van der Waals surface area contributed by atoms with E-state index in [1.54, 1.807) is 19.4 Å². The number of aromatic nitrogens is 2. The van der Waals surface area contributed by atoms with E-state index in [4.69, 9.17) is 14.6 Å². The lowest BCUT2D eigenvalue weighted by Gasteiger charge is -2.06. The molecule has 0 aliphatic carbocycles. The Kier molecular flexibility index (Phi) is 7.67. The van der Waals surface area contributed by atoms with Crippen molar-refractivity contribution in [1.82, 2.24) is 15.4 Å². The molecule has 0 atom stereocenters. The highest BCUT2D eigenvalue weighted by atomic mass is 16.5. The third-order valence-electron chi connectivity index (χ3n) is 4.33. The summed E-state index contributed by atoms with van der Waals surface area (Å²) in [5, 5.41) is 13.1. The summed E-state index contributed by atoms with van der Waals surface area (Å²) in [5.74, 6) is 0.935. The first-order valence-electron chi connectivity index (χ1n) is 9.80. The van der Waals surface area contributed by atoms with Crippen LogP contribution >= 0.6 is 0 Å². The SMILES string of the molecule is CCOc1ccc(-c2cncc(C(=O)N/N=C/c3cc(CCO)cc(OC)c3)n2)cc1. The number of aliphatic hydroxyl groups excluding tert-OH is 1. The van der Waals surface area contributed by atoms with Crippen molar-refractivity contribution in [2.75, 3.05) is 20.3 Å². The molecule has 1 heterocycles. The molecule has 0 bridgehead atoms. The van der Waals surface area contributed by atoms with Crippen molar-refractivity contribution >= 4 is 12.1 Å². The van der Waals surface area contributed by atoms with E-state index in [-0.39, 0.29) is 12.3 Å². The number of methoxy groups -OCH3 is 1. The van der Waals surface area contributed by atoms with Crippen LogP contribution in [0.15, 0.2) is 60.0 Å². The zero-order valence-electron chi connectivity index (χ0n) is 17.4. The molecule has 160 valence electrons. The summed E-state index contributed by atoms with van der Waals surface area (Å²) >= 11 is 0. The van der Waals surface area contributed by atoms with Crippen LogP contribution < -0.4 is 14.9 Å². The number of benzene rings is 2. The first-order valence-corrected chi connectivity index (χ1v) is 9.80. The van der Waals surface area contributed by atoms with Crippen LogP contribution in [0.4, 0.5) is 0 Å². The molecule has 1 amide bonds. The van der Waals surface area contributed by atoms with Crippen LogP contribution in [-0.2, 0) is 6.42 Å². The number of carbonyl (C=O) groups is 1. The van der Waals surface area contributed by atoms with Crippen LogP contribution in [-0.4, -0.2) is 47.5 Å². The van der Waals surface area contributed by atoms with E-state index in [2.05, 4.69) is 20.5 Å². The lowest BCUT2D eigenvalue weighted by molar-refractivity contribution is 0.0950. The molecule has 2 aromatic carbocycles. The normalized spacial score (nSPS) is 10.8. The van der Waals surface area contributed by atoms with Gasteiger partial charge in [0.2, 0.25) is 0 Å². The molecular weight excluding hydrogens is 396 g/mol. The molecule has 3 aromatic rings. The van der Waals surface area contributed by atoms with Crippen molar-refractivity contribution in [2.45, 2.75) is 13.3 Å². The van der Waals surface area contributed by atoms with Gasteiger partial charge in [-0.1, -0.05) is 0 Å². The molecule has 0 saturated heterocycles. The van der Waals surface area contributed by atoms with Crippen LogP contribution in [0.25, 0.3) is 11.3 Å². The second-order valence-electron chi connectivity index (χ2n) is 6.53. The van der Waals surface area contributed by atoms with Crippen LogP contribution in [0.5, 0.6) is 11.5 Å². The number of hydrogen-bond acceptors (Lipinski definition) is 7. The summed E-state index contributed by atoms with van der Waals surface area (Å²) in [5.41, 5.74) is 5.64. The highest BCUT2D eigenvalue weighted by Crippen LogP contribution is 2.20. The highest BCUT2D eigenvalue weighted by molar-refractivity contribution is 5.93. The van der Waals surface area contributed by atoms with E-state index in [0.29, 0.717) is 24.5 Å². The number of aliphatic hydroxyl groups is 1. The summed E-state index contributed by atoms with van der Waals surface area (Å²) in [6.07, 6.45) is 4.98. The average Bonchev–Trinajstić information content (AvgIpc) is 2.80. The number of ether oxygens (including phenoxy) is 2. The first kappa shape index (κ1) is 21.9. The molecule has 1 aromatic heterocycles. The van der Waals surface area contributed by atoms with E-state index in [9.17, 15) is 4.79 Å². The molecule has 0 saturated carbocycles. The fourth-order valence-corrected chi connectivity index (χ4v) is 2.88. The summed E-state index contributed by atoms with van der Waals surface area (Å²) in [4.78, 5) is 20.9. The van der Waals surface area contributed by atoms with Gasteiger partial charge < -0.3 is 14.6 Å². The van der Waals surface area contributed by atoms with Gasteiger partial charge >= 0.3 is 0 Å². The maximum Gasteiger partial charge on any atom is 0.291 e. The van der Waals surface area contributed by atoms with Crippen molar-refractivity contribution in [3.05, 3.63) is 71.7 Å². The van der Waals surface area contributed by atoms with Crippen LogP contribution in [0.3, 0.4) is 0 Å². The lowest BCUT2D eigenvalue weighted by atomic mass is 10.1. The number of nitrogens with one attached hydrogen (secondary N) is 1. The van der Waals surface area contributed by atoms with Gasteiger partial charge in [0.05, 0.1) is 38.0 Å². The molecule has 0 aliphatic rings. The molecule has 0 unspecified atom stereocenters. The Bertz CT molecular complexity index is 1050. The molecule has 0 radical (unpaired) electrons. The Labute approximate surface area is 180 Å². The van der Waals surface area contributed by atoms with E-state index in [0.717, 1.165) is 22.4 Å². The predicted octanol–water partition coefficient (Wildman–Crippen LogP) is 2.85. The van der Waals surface area contributed by atoms with Gasteiger partial charge in [0, 0.05) is 12.2 Å². The number of rotatable bonds is 9. The molecule has 8 nitrogen and oxygen atoms in total. The summed E-state index contributed by atoms with van der Waals surface area (Å²) in [7, 11) is 1.57. The summed E-state index contributed by atoms with van der Waals surface area (Å²) in [6, 6.07) is 12.9. The maximum absolute atomic E-state index is 12.4. The number of amides is 1. The Balaban J connectivity index is 1.70. The van der Waals surface area contributed by atoms with Gasteiger partial charge in [0.25, 0.3) is 5.91 Å². The van der Waals surface area contributed by atoms with E-state index < -0.39 is 5.91 Å². The molecule has 31 heavy (non-hydrogen) atoms. The van der Waals surface area contributed by atoms with Crippen molar-refractivity contribution in [3.63, 3.8) is 0 Å². The Morgan fingerprint density at radius 3 is 2.68 bits per heavy atom. The van der Waals surface area contributed by atoms with E-state index in [1.165, 1.54) is 12.4 Å². The van der Waals surface area contributed by atoms with E-state index in [1.807, 2.05) is 43.3 Å². The van der Waals surface area contributed by atoms with Gasteiger partial charge in [-0.2, -0.15) is 5.10 Å². The van der Waals surface area contributed by atoms with Gasteiger partial charge in [0.1, 0.15) is 17.2 Å². The molecular formula is C23H24N4O4. The van der Waals surface area contributed by atoms with Crippen LogP contribution in [0.2, 0.25) is 0 Å². The average molecular weight is 420 g/mol. The molecule has 0 fully saturated rings. The summed E-state index contributed by atoms with van der Waals surface area (Å²) in [6.45, 7) is 2.55. The molecule has 3 rings (SSSR count). The molecule has 0 spiro atoms. The minimum absolute atomic E-state index is 0.0316. The molecule has 8 heteroatoms. The van der Waals surface area contributed by atoms with Gasteiger partial charge in [-0.3, -0.25) is 9.78 Å². The first-order chi connectivity index (χ1) is 15.1. The van der Waals surface area contributed by atoms with Crippen molar-refractivity contribution in [3.8, 4) is 22.8 Å². The third kappa shape index (κ3) is 6.10. The zero-order chi connectivity index (χ0) is 22.1. The zero-order valence-corrected chi connectivity index (χ0v) is 17.4. The Hall–Kier alpha value is -3.78. The minimum atomic E-state index is -0.477. The van der Waals surface area contributed by atoms with Crippen molar-refractivity contribution in [1.29, 1.82) is 0 Å². The van der Waals surface area contributed by atoms with Gasteiger partial charge in [0.15, 0.2) is 0 Å². The highest BCUT2D eigenvalue weighted by Gasteiger charge is 2.09. The van der Waals surface area contributed by atoms with Gasteiger partial charge in [-0.15, -0.1) is 0 Å². The summed E-state index contributed by atoms with van der Waals surface area (Å²) < 4.78 is 10.7. The standard InChI is InChI=1S/C23H24N4O4/c1-3-31-19-6-4-18(5-7-19)21-14-24-15-22(26-21)23(29)27-25-13-17-10-16(8-9-28)11-20(12-17)30-2/h4-7,10-15,28H,3,8-9H2,1-2H3,(H,27,29)/b25-13+. The lowest BCUT2D eigenvalue weighted by Crippen LogP contribution is -2.19. The molecule has 2 N–H and O–H groups in total.